The Morgan fingerprint density at radius 3 is 2.75 bits per heavy atom. The second-order valence-corrected chi connectivity index (χ2v) is 3.84. The van der Waals surface area contributed by atoms with E-state index in [0.29, 0.717) is 5.69 Å². The van der Waals surface area contributed by atoms with Crippen LogP contribution in [-0.2, 0) is 0 Å². The van der Waals surface area contributed by atoms with E-state index >= 15 is 0 Å². The zero-order valence-electron chi connectivity index (χ0n) is 10.3. The Labute approximate surface area is 113 Å². The fraction of sp³-hybridized carbons (Fsp3) is 0.0769. The van der Waals surface area contributed by atoms with Crippen molar-refractivity contribution >= 4 is 5.97 Å². The number of rotatable bonds is 3. The van der Waals surface area contributed by atoms with Gasteiger partial charge in [-0.3, -0.25) is 0 Å². The number of aryl methyl sites for hydroxylation is 1. The number of carboxylic acids is 1. The summed E-state index contributed by atoms with van der Waals surface area (Å²) in [5.74, 6) is -2.25. The molecule has 1 N–H and O–H groups in total. The van der Waals surface area contributed by atoms with Crippen LogP contribution in [0.25, 0.3) is 0 Å². The van der Waals surface area contributed by atoms with Crippen LogP contribution in [0, 0.1) is 24.1 Å². The van der Waals surface area contributed by atoms with Crippen LogP contribution in [0.4, 0.5) is 4.39 Å². The number of carbonyl (C=O) groups is 1. The van der Waals surface area contributed by atoms with Gasteiger partial charge in [0.15, 0.2) is 0 Å². The van der Waals surface area contributed by atoms with Crippen LogP contribution in [-0.4, -0.2) is 21.0 Å². The van der Waals surface area contributed by atoms with Crippen molar-refractivity contribution in [1.29, 1.82) is 5.26 Å². The quantitative estimate of drug-likeness (QED) is 0.921. The Morgan fingerprint density at radius 1 is 1.40 bits per heavy atom. The van der Waals surface area contributed by atoms with Crippen molar-refractivity contribution in [3.63, 3.8) is 0 Å². The SMILES string of the molecule is Cc1cc(C#N)nc(Oc2ccc(C(=O)O)c(F)c2)n1. The number of ether oxygens (including phenoxy) is 1. The second kappa shape index (κ2) is 5.32. The average molecular weight is 273 g/mol. The molecule has 2 aromatic rings. The Bertz CT molecular complexity index is 725. The van der Waals surface area contributed by atoms with Gasteiger partial charge in [-0.1, -0.05) is 0 Å². The molecule has 0 amide bonds. The largest absolute Gasteiger partial charge is 0.478 e. The summed E-state index contributed by atoms with van der Waals surface area (Å²) in [7, 11) is 0. The lowest BCUT2D eigenvalue weighted by molar-refractivity contribution is 0.0692. The van der Waals surface area contributed by atoms with Gasteiger partial charge in [-0.05, 0) is 25.1 Å². The molecular weight excluding hydrogens is 265 g/mol. The number of aromatic carboxylic acids is 1. The highest BCUT2D eigenvalue weighted by Gasteiger charge is 2.12. The minimum absolute atomic E-state index is 0.0435. The lowest BCUT2D eigenvalue weighted by Crippen LogP contribution is -2.01. The normalized spacial score (nSPS) is 9.85. The molecule has 0 saturated heterocycles. The molecule has 1 aromatic carbocycles. The second-order valence-electron chi connectivity index (χ2n) is 3.84. The molecule has 20 heavy (non-hydrogen) atoms. The summed E-state index contributed by atoms with van der Waals surface area (Å²) < 4.78 is 18.7. The third-order valence-corrected chi connectivity index (χ3v) is 2.33. The third-order valence-electron chi connectivity index (χ3n) is 2.33. The van der Waals surface area contributed by atoms with Gasteiger partial charge in [-0.2, -0.15) is 10.2 Å². The Balaban J connectivity index is 2.31. The number of hydrogen-bond donors (Lipinski definition) is 1. The van der Waals surface area contributed by atoms with Crippen molar-refractivity contribution in [2.24, 2.45) is 0 Å². The van der Waals surface area contributed by atoms with Gasteiger partial charge in [0.25, 0.3) is 0 Å². The smallest absolute Gasteiger partial charge is 0.338 e. The highest BCUT2D eigenvalue weighted by molar-refractivity contribution is 5.88. The van der Waals surface area contributed by atoms with Crippen LogP contribution >= 0.6 is 0 Å². The highest BCUT2D eigenvalue weighted by Crippen LogP contribution is 2.21. The first kappa shape index (κ1) is 13.4. The zero-order valence-corrected chi connectivity index (χ0v) is 10.3. The lowest BCUT2D eigenvalue weighted by Gasteiger charge is -2.05. The molecule has 100 valence electrons. The maximum Gasteiger partial charge on any atom is 0.338 e. The molecule has 0 atom stereocenters. The zero-order chi connectivity index (χ0) is 14.7. The molecule has 7 heteroatoms. The Morgan fingerprint density at radius 2 is 2.15 bits per heavy atom. The standard InChI is InChI=1S/C13H8FN3O3/c1-7-4-8(6-15)17-13(16-7)20-9-2-3-10(12(18)19)11(14)5-9/h2-5H,1H3,(H,18,19). The minimum Gasteiger partial charge on any atom is -0.478 e. The van der Waals surface area contributed by atoms with E-state index in [1.54, 1.807) is 6.92 Å². The monoisotopic (exact) mass is 273 g/mol. The average Bonchev–Trinajstić information content (AvgIpc) is 2.37. The summed E-state index contributed by atoms with van der Waals surface area (Å²) in [6.07, 6.45) is 0. The van der Waals surface area contributed by atoms with E-state index in [0.717, 1.165) is 12.1 Å². The van der Waals surface area contributed by atoms with Gasteiger partial charge in [0.1, 0.15) is 23.3 Å². The van der Waals surface area contributed by atoms with Crippen molar-refractivity contribution < 1.29 is 19.0 Å². The van der Waals surface area contributed by atoms with Crippen molar-refractivity contribution in [3.8, 4) is 17.8 Å². The van der Waals surface area contributed by atoms with Gasteiger partial charge in [0, 0.05) is 11.8 Å². The van der Waals surface area contributed by atoms with Crippen molar-refractivity contribution in [2.75, 3.05) is 0 Å². The lowest BCUT2D eigenvalue weighted by atomic mass is 10.2. The van der Waals surface area contributed by atoms with Gasteiger partial charge in [0.2, 0.25) is 0 Å². The third kappa shape index (κ3) is 2.87. The number of nitriles is 1. The van der Waals surface area contributed by atoms with E-state index in [9.17, 15) is 9.18 Å². The predicted molar refractivity (Wildman–Crippen MR) is 64.9 cm³/mol. The van der Waals surface area contributed by atoms with Crippen LogP contribution in [0.3, 0.4) is 0 Å². The maximum absolute atomic E-state index is 13.5. The summed E-state index contributed by atoms with van der Waals surface area (Å²) in [6, 6.07) is 6.49. The van der Waals surface area contributed by atoms with Crippen LogP contribution in [0.2, 0.25) is 0 Å². The van der Waals surface area contributed by atoms with E-state index < -0.39 is 17.3 Å². The molecule has 1 heterocycles. The number of aromatic nitrogens is 2. The van der Waals surface area contributed by atoms with Gasteiger partial charge >= 0.3 is 12.0 Å². The van der Waals surface area contributed by atoms with Crippen molar-refractivity contribution in [1.82, 2.24) is 9.97 Å². The fourth-order valence-electron chi connectivity index (χ4n) is 1.48. The molecule has 0 unspecified atom stereocenters. The summed E-state index contributed by atoms with van der Waals surface area (Å²) in [6.45, 7) is 1.66. The summed E-state index contributed by atoms with van der Waals surface area (Å²) in [4.78, 5) is 18.4. The first-order chi connectivity index (χ1) is 9.49. The van der Waals surface area contributed by atoms with Crippen molar-refractivity contribution in [3.05, 3.63) is 47.0 Å². The first-order valence-corrected chi connectivity index (χ1v) is 5.46. The molecule has 0 bridgehead atoms. The molecular formula is C13H8FN3O3. The summed E-state index contributed by atoms with van der Waals surface area (Å²) in [5.41, 5.74) is 0.185. The molecule has 0 aliphatic carbocycles. The Hall–Kier alpha value is -3.01. The number of hydrogen-bond acceptors (Lipinski definition) is 5. The number of benzene rings is 1. The predicted octanol–water partition coefficient (Wildman–Crippen LogP) is 2.29. The number of carboxylic acid groups (broad SMARTS) is 1. The van der Waals surface area contributed by atoms with E-state index in [1.807, 2.05) is 6.07 Å². The molecule has 0 aliphatic rings. The topological polar surface area (TPSA) is 96.1 Å². The van der Waals surface area contributed by atoms with E-state index in [2.05, 4.69) is 9.97 Å². The number of halogens is 1. The number of nitrogens with zero attached hydrogens (tertiary/aromatic N) is 3. The van der Waals surface area contributed by atoms with Gasteiger partial charge in [-0.15, -0.1) is 0 Å². The van der Waals surface area contributed by atoms with Crippen LogP contribution in [0.15, 0.2) is 24.3 Å². The molecule has 0 saturated carbocycles. The summed E-state index contributed by atoms with van der Waals surface area (Å²) >= 11 is 0. The molecule has 2 rings (SSSR count). The van der Waals surface area contributed by atoms with E-state index in [-0.39, 0.29) is 17.5 Å². The van der Waals surface area contributed by atoms with Crippen LogP contribution in [0.1, 0.15) is 21.7 Å². The van der Waals surface area contributed by atoms with Crippen LogP contribution < -0.4 is 4.74 Å². The Kier molecular flexibility index (Phi) is 3.57. The highest BCUT2D eigenvalue weighted by atomic mass is 19.1. The molecule has 0 spiro atoms. The van der Waals surface area contributed by atoms with Crippen LogP contribution in [0.5, 0.6) is 11.8 Å². The molecule has 6 nitrogen and oxygen atoms in total. The van der Waals surface area contributed by atoms with Gasteiger partial charge in [0.05, 0.1) is 5.56 Å². The van der Waals surface area contributed by atoms with Gasteiger partial charge in [-0.25, -0.2) is 14.2 Å². The summed E-state index contributed by atoms with van der Waals surface area (Å²) in [5, 5.41) is 17.5. The molecule has 0 aliphatic heterocycles. The molecule has 0 radical (unpaired) electrons. The first-order valence-electron chi connectivity index (χ1n) is 5.46. The van der Waals surface area contributed by atoms with Crippen molar-refractivity contribution in [2.45, 2.75) is 6.92 Å². The molecule has 0 fully saturated rings. The molecule has 1 aromatic heterocycles. The fourth-order valence-corrected chi connectivity index (χ4v) is 1.48. The van der Waals surface area contributed by atoms with E-state index in [4.69, 9.17) is 15.1 Å². The van der Waals surface area contributed by atoms with Gasteiger partial charge < -0.3 is 9.84 Å². The maximum atomic E-state index is 13.5. The van der Waals surface area contributed by atoms with E-state index in [1.165, 1.54) is 12.1 Å². The minimum atomic E-state index is -1.37.